The molecule has 0 bridgehead atoms. The fourth-order valence-electron chi connectivity index (χ4n) is 1.37. The Labute approximate surface area is 113 Å². The van der Waals surface area contributed by atoms with Crippen LogP contribution in [0.25, 0.3) is 0 Å². The smallest absolute Gasteiger partial charge is 0.313 e. The van der Waals surface area contributed by atoms with Gasteiger partial charge in [-0.15, -0.1) is 0 Å². The zero-order valence-corrected chi connectivity index (χ0v) is 11.8. The average Bonchev–Trinajstić information content (AvgIpc) is 2.30. The summed E-state index contributed by atoms with van der Waals surface area (Å²) in [5, 5.41) is 11.5. The van der Waals surface area contributed by atoms with Crippen LogP contribution in [0.3, 0.4) is 0 Å². The van der Waals surface area contributed by atoms with Crippen LogP contribution in [0.2, 0.25) is 0 Å². The molecule has 0 aliphatic rings. The van der Waals surface area contributed by atoms with Gasteiger partial charge in [-0.25, -0.2) is 4.39 Å². The number of nitrogens with zero attached hydrogens (tertiary/aromatic N) is 1. The molecule has 100 valence electrons. The molecule has 0 spiro atoms. The molecule has 0 saturated heterocycles. The van der Waals surface area contributed by atoms with Crippen molar-refractivity contribution < 1.29 is 14.1 Å². The van der Waals surface area contributed by atoms with Crippen LogP contribution < -0.4 is 4.74 Å². The lowest BCUT2D eigenvalue weighted by molar-refractivity contribution is -0.386. The summed E-state index contributed by atoms with van der Waals surface area (Å²) in [5.74, 6) is 0.0986. The predicted octanol–water partition coefficient (Wildman–Crippen LogP) is 3.78. The molecule has 0 aliphatic heterocycles. The maximum atomic E-state index is 12.9. The van der Waals surface area contributed by atoms with Gasteiger partial charge in [-0.05, 0) is 18.1 Å². The standard InChI is InChI=1S/C12H15BrFNO3/c1-8(2)9(6-13)7-18-12-4-3-10(14)5-11(12)15(16)17/h3-5,8-9H,6-7H2,1-2H3. The number of rotatable bonds is 6. The van der Waals surface area contributed by atoms with Crippen molar-refractivity contribution in [3.63, 3.8) is 0 Å². The van der Waals surface area contributed by atoms with Crippen LogP contribution in [-0.4, -0.2) is 16.9 Å². The lowest BCUT2D eigenvalue weighted by Crippen LogP contribution is -2.19. The van der Waals surface area contributed by atoms with Gasteiger partial charge >= 0.3 is 5.69 Å². The monoisotopic (exact) mass is 319 g/mol. The molecule has 0 N–H and O–H groups in total. The highest BCUT2D eigenvalue weighted by Gasteiger charge is 2.19. The van der Waals surface area contributed by atoms with Gasteiger partial charge in [0, 0.05) is 11.2 Å². The van der Waals surface area contributed by atoms with E-state index < -0.39 is 10.7 Å². The maximum absolute atomic E-state index is 12.9. The first-order chi connectivity index (χ1) is 8.45. The molecular formula is C12H15BrFNO3. The normalized spacial score (nSPS) is 12.5. The summed E-state index contributed by atoms with van der Waals surface area (Å²) in [4.78, 5) is 10.1. The van der Waals surface area contributed by atoms with Crippen LogP contribution in [0.1, 0.15) is 13.8 Å². The van der Waals surface area contributed by atoms with Crippen LogP contribution in [-0.2, 0) is 0 Å². The Morgan fingerprint density at radius 3 is 2.67 bits per heavy atom. The largest absolute Gasteiger partial charge is 0.486 e. The first-order valence-corrected chi connectivity index (χ1v) is 6.70. The fraction of sp³-hybridized carbons (Fsp3) is 0.500. The van der Waals surface area contributed by atoms with E-state index in [9.17, 15) is 14.5 Å². The Bertz CT molecular complexity index is 426. The van der Waals surface area contributed by atoms with Crippen LogP contribution in [0.4, 0.5) is 10.1 Å². The van der Waals surface area contributed by atoms with Crippen molar-refractivity contribution in [2.24, 2.45) is 11.8 Å². The minimum atomic E-state index is -0.644. The van der Waals surface area contributed by atoms with E-state index in [2.05, 4.69) is 15.9 Å². The van der Waals surface area contributed by atoms with Gasteiger partial charge in [0.1, 0.15) is 5.82 Å². The number of alkyl halides is 1. The summed E-state index contributed by atoms with van der Waals surface area (Å²) in [6.07, 6.45) is 0. The average molecular weight is 320 g/mol. The Hall–Kier alpha value is -1.17. The van der Waals surface area contributed by atoms with Gasteiger partial charge < -0.3 is 4.74 Å². The van der Waals surface area contributed by atoms with Crippen molar-refractivity contribution in [1.82, 2.24) is 0 Å². The molecule has 1 rings (SSSR count). The highest BCUT2D eigenvalue weighted by Crippen LogP contribution is 2.28. The Morgan fingerprint density at radius 1 is 1.50 bits per heavy atom. The molecule has 0 aliphatic carbocycles. The van der Waals surface area contributed by atoms with Crippen LogP contribution in [0.15, 0.2) is 18.2 Å². The Balaban J connectivity index is 2.81. The summed E-state index contributed by atoms with van der Waals surface area (Å²) in [6, 6.07) is 3.31. The number of benzene rings is 1. The van der Waals surface area contributed by atoms with E-state index in [-0.39, 0.29) is 17.4 Å². The molecule has 0 radical (unpaired) electrons. The predicted molar refractivity (Wildman–Crippen MR) is 70.7 cm³/mol. The number of ether oxygens (including phenoxy) is 1. The molecule has 1 unspecified atom stereocenters. The minimum absolute atomic E-state index is 0.105. The number of hydrogen-bond acceptors (Lipinski definition) is 3. The van der Waals surface area contributed by atoms with Crippen LogP contribution in [0.5, 0.6) is 5.75 Å². The summed E-state index contributed by atoms with van der Waals surface area (Å²) < 4.78 is 18.4. The highest BCUT2D eigenvalue weighted by atomic mass is 79.9. The first-order valence-electron chi connectivity index (χ1n) is 5.58. The van der Waals surface area contributed by atoms with Crippen molar-refractivity contribution in [2.75, 3.05) is 11.9 Å². The first kappa shape index (κ1) is 14.9. The molecule has 0 heterocycles. The third-order valence-electron chi connectivity index (χ3n) is 2.71. The van der Waals surface area contributed by atoms with Gasteiger partial charge in [0.25, 0.3) is 0 Å². The van der Waals surface area contributed by atoms with E-state index in [1.54, 1.807) is 0 Å². The molecular weight excluding hydrogens is 305 g/mol. The van der Waals surface area contributed by atoms with Crippen molar-refractivity contribution in [3.8, 4) is 5.75 Å². The van der Waals surface area contributed by atoms with Gasteiger partial charge in [-0.2, -0.15) is 0 Å². The zero-order valence-electron chi connectivity index (χ0n) is 10.2. The number of nitro benzene ring substituents is 1. The third kappa shape index (κ3) is 3.94. The Morgan fingerprint density at radius 2 is 2.17 bits per heavy atom. The Kier molecular flexibility index (Phi) is 5.53. The number of halogens is 2. The summed E-state index contributed by atoms with van der Waals surface area (Å²) in [6.45, 7) is 4.46. The van der Waals surface area contributed by atoms with Crippen molar-refractivity contribution in [1.29, 1.82) is 0 Å². The molecule has 6 heteroatoms. The molecule has 0 aromatic heterocycles. The maximum Gasteiger partial charge on any atom is 0.313 e. The zero-order chi connectivity index (χ0) is 13.7. The SMILES string of the molecule is CC(C)C(CBr)COc1ccc(F)cc1[N+](=O)[O-]. The number of hydrogen-bond donors (Lipinski definition) is 0. The van der Waals surface area contributed by atoms with Crippen molar-refractivity contribution in [2.45, 2.75) is 13.8 Å². The van der Waals surface area contributed by atoms with Gasteiger partial charge in [0.2, 0.25) is 0 Å². The minimum Gasteiger partial charge on any atom is -0.486 e. The summed E-state index contributed by atoms with van der Waals surface area (Å²) in [7, 11) is 0. The van der Waals surface area contributed by atoms with E-state index in [0.717, 1.165) is 17.5 Å². The highest BCUT2D eigenvalue weighted by molar-refractivity contribution is 9.09. The quantitative estimate of drug-likeness (QED) is 0.455. The van der Waals surface area contributed by atoms with E-state index in [0.29, 0.717) is 12.5 Å². The van der Waals surface area contributed by atoms with Gasteiger partial charge in [-0.3, -0.25) is 10.1 Å². The number of nitro groups is 1. The van der Waals surface area contributed by atoms with E-state index in [1.807, 2.05) is 13.8 Å². The van der Waals surface area contributed by atoms with Crippen LogP contribution in [0, 0.1) is 27.8 Å². The molecule has 18 heavy (non-hydrogen) atoms. The van der Waals surface area contributed by atoms with E-state index in [4.69, 9.17) is 4.74 Å². The second kappa shape index (κ2) is 6.68. The van der Waals surface area contributed by atoms with Gasteiger partial charge in [0.15, 0.2) is 5.75 Å². The van der Waals surface area contributed by atoms with Crippen molar-refractivity contribution >= 4 is 21.6 Å². The van der Waals surface area contributed by atoms with E-state index >= 15 is 0 Å². The van der Waals surface area contributed by atoms with E-state index in [1.165, 1.54) is 6.07 Å². The van der Waals surface area contributed by atoms with Crippen molar-refractivity contribution in [3.05, 3.63) is 34.1 Å². The molecule has 0 amide bonds. The van der Waals surface area contributed by atoms with Gasteiger partial charge in [0.05, 0.1) is 17.6 Å². The molecule has 1 aromatic rings. The summed E-state index contributed by atoms with van der Waals surface area (Å²) in [5.41, 5.74) is -0.341. The summed E-state index contributed by atoms with van der Waals surface area (Å²) >= 11 is 3.38. The third-order valence-corrected chi connectivity index (χ3v) is 3.54. The molecule has 0 fully saturated rings. The molecule has 1 atom stereocenters. The lowest BCUT2D eigenvalue weighted by Gasteiger charge is -2.18. The lowest BCUT2D eigenvalue weighted by atomic mass is 9.99. The second-order valence-corrected chi connectivity index (χ2v) is 4.99. The molecule has 0 saturated carbocycles. The van der Waals surface area contributed by atoms with Gasteiger partial charge in [-0.1, -0.05) is 29.8 Å². The second-order valence-electron chi connectivity index (χ2n) is 4.34. The molecule has 4 nitrogen and oxygen atoms in total. The topological polar surface area (TPSA) is 52.4 Å². The molecule has 1 aromatic carbocycles. The van der Waals surface area contributed by atoms with Crippen LogP contribution >= 0.6 is 15.9 Å². The fourth-order valence-corrected chi connectivity index (χ4v) is 2.30.